The van der Waals surface area contributed by atoms with Gasteiger partial charge in [-0.05, 0) is 55.0 Å². The maximum Gasteiger partial charge on any atom is 0.318 e. The van der Waals surface area contributed by atoms with E-state index < -0.39 is 0 Å². The molecule has 1 atom stereocenters. The molecule has 0 aromatic heterocycles. The van der Waals surface area contributed by atoms with Crippen molar-refractivity contribution in [1.82, 2.24) is 10.2 Å². The van der Waals surface area contributed by atoms with Crippen LogP contribution in [0.4, 0.5) is 9.18 Å². The van der Waals surface area contributed by atoms with Gasteiger partial charge in [0.25, 0.3) is 0 Å². The third kappa shape index (κ3) is 3.19. The molecule has 0 spiro atoms. The molecule has 4 rings (SSSR count). The Balaban J connectivity index is 1.62. The average molecular weight is 353 g/mol. The van der Waals surface area contributed by atoms with Crippen LogP contribution >= 0.6 is 0 Å². The molecule has 1 fully saturated rings. The van der Waals surface area contributed by atoms with Crippen LogP contribution in [0, 0.1) is 5.82 Å². The molecule has 1 heterocycles. The summed E-state index contributed by atoms with van der Waals surface area (Å²) in [5.74, 6) is -0.273. The summed E-state index contributed by atoms with van der Waals surface area (Å²) in [5.41, 5.74) is 9.15. The van der Waals surface area contributed by atoms with Gasteiger partial charge >= 0.3 is 6.03 Å². The fourth-order valence-corrected chi connectivity index (χ4v) is 4.22. The highest BCUT2D eigenvalue weighted by molar-refractivity contribution is 5.76. The highest BCUT2D eigenvalue weighted by atomic mass is 19.1. The molecule has 26 heavy (non-hydrogen) atoms. The fraction of sp³-hybridized carbons (Fsp3) is 0.381. The number of amides is 2. The predicted octanol–water partition coefficient (Wildman–Crippen LogP) is 3.36. The summed E-state index contributed by atoms with van der Waals surface area (Å²) in [4.78, 5) is 14.8. The van der Waals surface area contributed by atoms with Crippen molar-refractivity contribution < 1.29 is 9.18 Å². The molecule has 1 saturated carbocycles. The first-order chi connectivity index (χ1) is 12.4. The second kappa shape index (κ2) is 6.40. The van der Waals surface area contributed by atoms with Crippen LogP contribution in [-0.2, 0) is 6.42 Å². The van der Waals surface area contributed by atoms with Crippen LogP contribution in [0.2, 0.25) is 0 Å². The first kappa shape index (κ1) is 17.0. The van der Waals surface area contributed by atoms with Crippen LogP contribution in [0.3, 0.4) is 0 Å². The number of nitrogens with zero attached hydrogens (tertiary/aromatic N) is 1. The van der Waals surface area contributed by atoms with Gasteiger partial charge in [0.1, 0.15) is 5.82 Å². The van der Waals surface area contributed by atoms with Crippen molar-refractivity contribution in [2.75, 3.05) is 6.54 Å². The molecule has 0 unspecified atom stereocenters. The molecule has 0 saturated heterocycles. The molecule has 4 nitrogen and oxygen atoms in total. The number of urea groups is 1. The van der Waals surface area contributed by atoms with E-state index in [0.29, 0.717) is 6.54 Å². The average Bonchev–Trinajstić information content (AvgIpc) is 2.60. The third-order valence-corrected chi connectivity index (χ3v) is 5.48. The lowest BCUT2D eigenvalue weighted by molar-refractivity contribution is 0.151. The Morgan fingerprint density at radius 1 is 1.19 bits per heavy atom. The summed E-state index contributed by atoms with van der Waals surface area (Å²) in [7, 11) is 0. The maximum atomic E-state index is 13.4. The number of hydrogen-bond donors (Lipinski definition) is 2. The molecule has 2 aromatic carbocycles. The van der Waals surface area contributed by atoms with Crippen molar-refractivity contribution in [3.8, 4) is 0 Å². The van der Waals surface area contributed by atoms with Gasteiger partial charge in [-0.25, -0.2) is 9.18 Å². The Hall–Kier alpha value is -2.40. The Morgan fingerprint density at radius 3 is 2.58 bits per heavy atom. The van der Waals surface area contributed by atoms with Gasteiger partial charge in [0, 0.05) is 18.1 Å². The van der Waals surface area contributed by atoms with E-state index >= 15 is 0 Å². The number of benzene rings is 2. The second-order valence-electron chi connectivity index (χ2n) is 7.80. The van der Waals surface area contributed by atoms with Gasteiger partial charge in [0.05, 0.1) is 6.04 Å². The van der Waals surface area contributed by atoms with Crippen molar-refractivity contribution in [2.24, 2.45) is 5.73 Å². The molecular formula is C21H24FN3O. The Kier molecular flexibility index (Phi) is 4.19. The molecule has 0 radical (unpaired) electrons. The van der Waals surface area contributed by atoms with Crippen molar-refractivity contribution in [3.05, 3.63) is 71.0 Å². The number of hydrogen-bond acceptors (Lipinski definition) is 2. The van der Waals surface area contributed by atoms with E-state index in [1.54, 1.807) is 12.1 Å². The summed E-state index contributed by atoms with van der Waals surface area (Å²) >= 11 is 0. The largest absolute Gasteiger partial charge is 0.335 e. The summed E-state index contributed by atoms with van der Waals surface area (Å²) in [5, 5.41) is 3.12. The number of fused-ring (bicyclic) bond motifs is 1. The van der Waals surface area contributed by atoms with Crippen LogP contribution in [-0.4, -0.2) is 29.1 Å². The second-order valence-corrected chi connectivity index (χ2v) is 7.80. The minimum absolute atomic E-state index is 0.0747. The van der Waals surface area contributed by atoms with Crippen molar-refractivity contribution in [2.45, 2.75) is 43.8 Å². The minimum atomic E-state index is -0.273. The number of carbonyl (C=O) groups is 1. The van der Waals surface area contributed by atoms with Gasteiger partial charge in [-0.3, -0.25) is 0 Å². The van der Waals surface area contributed by atoms with E-state index in [9.17, 15) is 9.18 Å². The standard InChI is InChI=1S/C21H24FN3O/c1-21(23)12-17(13-21)24-20(26)25-11-10-14-4-2-3-5-18(14)19(25)15-6-8-16(22)9-7-15/h2-9,17,19H,10-13,23H2,1H3,(H,24,26)/t17-,19-,21-/m0/s1. The first-order valence-electron chi connectivity index (χ1n) is 9.12. The third-order valence-electron chi connectivity index (χ3n) is 5.48. The van der Waals surface area contributed by atoms with Crippen LogP contribution in [0.15, 0.2) is 48.5 Å². The Bertz CT molecular complexity index is 810. The van der Waals surface area contributed by atoms with Crippen LogP contribution in [0.25, 0.3) is 0 Å². The van der Waals surface area contributed by atoms with Crippen molar-refractivity contribution >= 4 is 6.03 Å². The number of nitrogens with one attached hydrogen (secondary N) is 1. The number of carbonyl (C=O) groups excluding carboxylic acids is 1. The number of rotatable bonds is 2. The van der Waals surface area contributed by atoms with E-state index in [2.05, 4.69) is 17.4 Å². The number of nitrogens with two attached hydrogens (primary N) is 1. The molecule has 136 valence electrons. The summed E-state index contributed by atoms with van der Waals surface area (Å²) < 4.78 is 13.4. The summed E-state index contributed by atoms with van der Waals surface area (Å²) in [6.45, 7) is 2.64. The molecule has 2 aromatic rings. The Morgan fingerprint density at radius 2 is 1.88 bits per heavy atom. The zero-order chi connectivity index (χ0) is 18.3. The van der Waals surface area contributed by atoms with Gasteiger partial charge in [0.2, 0.25) is 0 Å². The molecule has 3 N–H and O–H groups in total. The van der Waals surface area contributed by atoms with E-state index in [1.807, 2.05) is 24.0 Å². The maximum absolute atomic E-state index is 13.4. The predicted molar refractivity (Wildman–Crippen MR) is 99.2 cm³/mol. The summed E-state index contributed by atoms with van der Waals surface area (Å²) in [6.07, 6.45) is 2.41. The van der Waals surface area contributed by atoms with E-state index in [0.717, 1.165) is 30.4 Å². The van der Waals surface area contributed by atoms with Gasteiger partial charge in [-0.1, -0.05) is 36.4 Å². The minimum Gasteiger partial charge on any atom is -0.335 e. The monoisotopic (exact) mass is 353 g/mol. The highest BCUT2D eigenvalue weighted by Crippen LogP contribution is 2.36. The van der Waals surface area contributed by atoms with E-state index in [4.69, 9.17) is 5.73 Å². The van der Waals surface area contributed by atoms with Gasteiger partial charge < -0.3 is 16.0 Å². The molecular weight excluding hydrogens is 329 g/mol. The quantitative estimate of drug-likeness (QED) is 0.870. The van der Waals surface area contributed by atoms with Crippen LogP contribution in [0.5, 0.6) is 0 Å². The lowest BCUT2D eigenvalue weighted by Crippen LogP contribution is -2.60. The SMILES string of the molecule is C[C@]1(N)C[C@H](NC(=O)N2CCc3ccccc3[C@@H]2c2ccc(F)cc2)C1. The van der Waals surface area contributed by atoms with Gasteiger partial charge in [-0.2, -0.15) is 0 Å². The fourth-order valence-electron chi connectivity index (χ4n) is 4.22. The molecule has 1 aliphatic carbocycles. The van der Waals surface area contributed by atoms with Crippen molar-refractivity contribution in [1.29, 1.82) is 0 Å². The summed E-state index contributed by atoms with van der Waals surface area (Å²) in [6, 6.07) is 14.5. The number of halogens is 1. The van der Waals surface area contributed by atoms with E-state index in [1.165, 1.54) is 17.7 Å². The zero-order valence-corrected chi connectivity index (χ0v) is 14.9. The normalized spacial score (nSPS) is 27.4. The van der Waals surface area contributed by atoms with Gasteiger partial charge in [-0.15, -0.1) is 0 Å². The molecule has 2 aliphatic rings. The topological polar surface area (TPSA) is 58.4 Å². The first-order valence-corrected chi connectivity index (χ1v) is 9.12. The molecule has 0 bridgehead atoms. The molecule has 5 heteroatoms. The van der Waals surface area contributed by atoms with Crippen LogP contribution < -0.4 is 11.1 Å². The Labute approximate surface area is 153 Å². The molecule has 2 amide bonds. The zero-order valence-electron chi connectivity index (χ0n) is 14.9. The van der Waals surface area contributed by atoms with Gasteiger partial charge in [0.15, 0.2) is 0 Å². The smallest absolute Gasteiger partial charge is 0.318 e. The lowest BCUT2D eigenvalue weighted by atomic mass is 9.75. The lowest BCUT2D eigenvalue weighted by Gasteiger charge is -2.44. The highest BCUT2D eigenvalue weighted by Gasteiger charge is 2.39. The molecule has 1 aliphatic heterocycles. The van der Waals surface area contributed by atoms with E-state index in [-0.39, 0.29) is 29.5 Å². The van der Waals surface area contributed by atoms with Crippen molar-refractivity contribution in [3.63, 3.8) is 0 Å². The van der Waals surface area contributed by atoms with Crippen LogP contribution in [0.1, 0.15) is 42.5 Å².